The third-order valence-corrected chi connectivity index (χ3v) is 2.71. The van der Waals surface area contributed by atoms with E-state index in [1.807, 2.05) is 0 Å². The number of nitrogens with zero attached hydrogens (tertiary/aromatic N) is 2. The van der Waals surface area contributed by atoms with Crippen LogP contribution >= 0.6 is 0 Å². The van der Waals surface area contributed by atoms with Crippen LogP contribution in [-0.2, 0) is 9.47 Å². The van der Waals surface area contributed by atoms with Gasteiger partial charge in [-0.2, -0.15) is 0 Å². The summed E-state index contributed by atoms with van der Waals surface area (Å²) in [6.45, 7) is 5.72. The van der Waals surface area contributed by atoms with Gasteiger partial charge in [-0.05, 0) is 6.92 Å². The van der Waals surface area contributed by atoms with Gasteiger partial charge < -0.3 is 19.3 Å². The smallest absolute Gasteiger partial charge is 0.103 e. The molecule has 4 heteroatoms. The summed E-state index contributed by atoms with van der Waals surface area (Å²) < 4.78 is 10.2. The lowest BCUT2D eigenvalue weighted by atomic mass is 10.3. The van der Waals surface area contributed by atoms with Gasteiger partial charge in [0.15, 0.2) is 0 Å². The minimum Gasteiger partial charge on any atom is -0.385 e. The SMILES string of the molecule is CCN1C=CN(CCOC)C1CCOC. The molecule has 0 N–H and O–H groups in total. The van der Waals surface area contributed by atoms with E-state index in [1.54, 1.807) is 14.2 Å². The Morgan fingerprint density at radius 3 is 2.33 bits per heavy atom. The lowest BCUT2D eigenvalue weighted by Crippen LogP contribution is -2.40. The number of hydrogen-bond donors (Lipinski definition) is 0. The Morgan fingerprint density at radius 2 is 1.73 bits per heavy atom. The molecule has 15 heavy (non-hydrogen) atoms. The summed E-state index contributed by atoms with van der Waals surface area (Å²) in [7, 11) is 3.49. The second-order valence-electron chi connectivity index (χ2n) is 3.62. The average Bonchev–Trinajstić information content (AvgIpc) is 2.65. The van der Waals surface area contributed by atoms with E-state index in [4.69, 9.17) is 9.47 Å². The monoisotopic (exact) mass is 214 g/mol. The van der Waals surface area contributed by atoms with Crippen molar-refractivity contribution in [3.05, 3.63) is 12.4 Å². The second-order valence-corrected chi connectivity index (χ2v) is 3.62. The van der Waals surface area contributed by atoms with E-state index < -0.39 is 0 Å². The predicted octanol–water partition coefficient (Wildman–Crippen LogP) is 1.10. The molecule has 0 saturated heterocycles. The third kappa shape index (κ3) is 3.39. The van der Waals surface area contributed by atoms with Crippen LogP contribution in [0.3, 0.4) is 0 Å². The van der Waals surface area contributed by atoms with Gasteiger partial charge in [-0.15, -0.1) is 0 Å². The molecule has 0 saturated carbocycles. The maximum Gasteiger partial charge on any atom is 0.103 e. The highest BCUT2D eigenvalue weighted by Gasteiger charge is 2.24. The molecule has 88 valence electrons. The van der Waals surface area contributed by atoms with Gasteiger partial charge in [0.05, 0.1) is 6.61 Å². The average molecular weight is 214 g/mol. The van der Waals surface area contributed by atoms with Gasteiger partial charge in [-0.25, -0.2) is 0 Å². The summed E-state index contributed by atoms with van der Waals surface area (Å²) in [5.41, 5.74) is 0. The van der Waals surface area contributed by atoms with Crippen LogP contribution in [-0.4, -0.2) is 56.5 Å². The van der Waals surface area contributed by atoms with E-state index in [2.05, 4.69) is 29.1 Å². The Morgan fingerprint density at radius 1 is 1.07 bits per heavy atom. The molecule has 0 spiro atoms. The highest BCUT2D eigenvalue weighted by Crippen LogP contribution is 2.18. The number of methoxy groups -OCH3 is 2. The summed E-state index contributed by atoms with van der Waals surface area (Å²) in [6.07, 6.45) is 5.75. The van der Waals surface area contributed by atoms with E-state index in [1.165, 1.54) is 0 Å². The van der Waals surface area contributed by atoms with Gasteiger partial charge in [0, 0.05) is 52.7 Å². The molecule has 0 aromatic rings. The van der Waals surface area contributed by atoms with Crippen LogP contribution in [0.5, 0.6) is 0 Å². The van der Waals surface area contributed by atoms with Crippen molar-refractivity contribution in [2.75, 3.05) is 40.5 Å². The van der Waals surface area contributed by atoms with Gasteiger partial charge in [-0.1, -0.05) is 0 Å². The molecular weight excluding hydrogens is 192 g/mol. The Kier molecular flexibility index (Phi) is 5.50. The minimum absolute atomic E-state index is 0.435. The molecule has 0 aromatic heterocycles. The van der Waals surface area contributed by atoms with Crippen LogP contribution in [0, 0.1) is 0 Å². The van der Waals surface area contributed by atoms with Crippen molar-refractivity contribution in [3.8, 4) is 0 Å². The molecule has 0 amide bonds. The number of ether oxygens (including phenoxy) is 2. The predicted molar refractivity (Wildman–Crippen MR) is 60.4 cm³/mol. The summed E-state index contributed by atoms with van der Waals surface area (Å²) >= 11 is 0. The Labute approximate surface area is 92.4 Å². The van der Waals surface area contributed by atoms with Gasteiger partial charge in [0.2, 0.25) is 0 Å². The van der Waals surface area contributed by atoms with Crippen LogP contribution in [0.15, 0.2) is 12.4 Å². The molecule has 1 atom stereocenters. The van der Waals surface area contributed by atoms with Crippen molar-refractivity contribution >= 4 is 0 Å². The quantitative estimate of drug-likeness (QED) is 0.633. The Balaban J connectivity index is 2.43. The topological polar surface area (TPSA) is 24.9 Å². The number of rotatable bonds is 7. The van der Waals surface area contributed by atoms with Crippen LogP contribution in [0.25, 0.3) is 0 Å². The van der Waals surface area contributed by atoms with Crippen molar-refractivity contribution in [1.82, 2.24) is 9.80 Å². The molecule has 1 aliphatic heterocycles. The van der Waals surface area contributed by atoms with Gasteiger partial charge in [-0.3, -0.25) is 0 Å². The second kappa shape index (κ2) is 6.69. The zero-order valence-electron chi connectivity index (χ0n) is 9.98. The third-order valence-electron chi connectivity index (χ3n) is 2.71. The highest BCUT2D eigenvalue weighted by atomic mass is 16.5. The van der Waals surface area contributed by atoms with E-state index >= 15 is 0 Å². The largest absolute Gasteiger partial charge is 0.385 e. The lowest BCUT2D eigenvalue weighted by molar-refractivity contribution is 0.0808. The first-order valence-corrected chi connectivity index (χ1v) is 5.51. The fourth-order valence-electron chi connectivity index (χ4n) is 1.85. The summed E-state index contributed by atoms with van der Waals surface area (Å²) in [5, 5.41) is 0. The fraction of sp³-hybridized carbons (Fsp3) is 0.818. The van der Waals surface area contributed by atoms with Crippen molar-refractivity contribution in [2.45, 2.75) is 19.5 Å². The fourth-order valence-corrected chi connectivity index (χ4v) is 1.85. The van der Waals surface area contributed by atoms with Gasteiger partial charge >= 0.3 is 0 Å². The van der Waals surface area contributed by atoms with E-state index in [0.717, 1.165) is 32.7 Å². The molecule has 0 aliphatic carbocycles. The van der Waals surface area contributed by atoms with Crippen LogP contribution in [0.1, 0.15) is 13.3 Å². The van der Waals surface area contributed by atoms with E-state index in [0.29, 0.717) is 6.17 Å². The van der Waals surface area contributed by atoms with Gasteiger partial charge in [0.25, 0.3) is 0 Å². The first-order valence-electron chi connectivity index (χ1n) is 5.51. The molecule has 4 nitrogen and oxygen atoms in total. The van der Waals surface area contributed by atoms with Crippen LogP contribution in [0.4, 0.5) is 0 Å². The van der Waals surface area contributed by atoms with Gasteiger partial charge in [0.1, 0.15) is 6.17 Å². The first-order chi connectivity index (χ1) is 7.33. The van der Waals surface area contributed by atoms with Crippen molar-refractivity contribution in [2.24, 2.45) is 0 Å². The van der Waals surface area contributed by atoms with Crippen LogP contribution in [0.2, 0.25) is 0 Å². The number of hydrogen-bond acceptors (Lipinski definition) is 4. The maximum atomic E-state index is 5.14. The Hall–Kier alpha value is -0.740. The highest BCUT2D eigenvalue weighted by molar-refractivity contribution is 4.96. The Bertz CT molecular complexity index is 197. The van der Waals surface area contributed by atoms with Crippen molar-refractivity contribution in [3.63, 3.8) is 0 Å². The molecule has 0 radical (unpaired) electrons. The normalized spacial score (nSPS) is 20.3. The summed E-state index contributed by atoms with van der Waals surface area (Å²) in [6, 6.07) is 0. The standard InChI is InChI=1S/C11H22N2O2/c1-4-12-6-7-13(8-10-15-3)11(12)5-9-14-2/h6-7,11H,4-5,8-10H2,1-3H3. The first kappa shape index (κ1) is 12.3. The maximum absolute atomic E-state index is 5.14. The minimum atomic E-state index is 0.435. The molecular formula is C11H22N2O2. The zero-order valence-corrected chi connectivity index (χ0v) is 9.98. The van der Waals surface area contributed by atoms with Crippen molar-refractivity contribution in [1.29, 1.82) is 0 Å². The summed E-state index contributed by atoms with van der Waals surface area (Å²) in [5.74, 6) is 0. The molecule has 0 aromatic carbocycles. The molecule has 0 bridgehead atoms. The molecule has 0 fully saturated rings. The lowest BCUT2D eigenvalue weighted by Gasteiger charge is -2.31. The van der Waals surface area contributed by atoms with Crippen LogP contribution < -0.4 is 0 Å². The molecule has 1 unspecified atom stereocenters. The molecule has 1 rings (SSSR count). The summed E-state index contributed by atoms with van der Waals surface area (Å²) in [4.78, 5) is 4.64. The van der Waals surface area contributed by atoms with E-state index in [-0.39, 0.29) is 0 Å². The zero-order chi connectivity index (χ0) is 11.1. The van der Waals surface area contributed by atoms with Crippen molar-refractivity contribution < 1.29 is 9.47 Å². The molecule has 1 heterocycles. The molecule has 1 aliphatic rings. The van der Waals surface area contributed by atoms with E-state index in [9.17, 15) is 0 Å².